The van der Waals surface area contributed by atoms with Crippen molar-refractivity contribution < 1.29 is 4.79 Å². The van der Waals surface area contributed by atoms with Crippen LogP contribution < -0.4 is 5.32 Å². The maximum Gasteiger partial charge on any atom is 0.280 e. The first kappa shape index (κ1) is 17.1. The van der Waals surface area contributed by atoms with Crippen LogP contribution in [0.4, 0.5) is 5.69 Å². The standard InChI is InChI=1S/C20H16ClN5O/c21-16-10-8-15(9-11-16)14-26-20(25-12-4-5-13-25)18(23-24-26)19(27)22-17-6-2-1-3-7-17/h1-13H,14H2,(H,22,27). The molecule has 2 aromatic carbocycles. The van der Waals surface area contributed by atoms with Gasteiger partial charge in [-0.15, -0.1) is 5.10 Å². The van der Waals surface area contributed by atoms with Gasteiger partial charge in [0.25, 0.3) is 5.91 Å². The summed E-state index contributed by atoms with van der Waals surface area (Å²) >= 11 is 5.96. The van der Waals surface area contributed by atoms with Gasteiger partial charge < -0.3 is 9.88 Å². The summed E-state index contributed by atoms with van der Waals surface area (Å²) in [5.74, 6) is 0.288. The number of anilines is 1. The van der Waals surface area contributed by atoms with Crippen molar-refractivity contribution in [1.29, 1.82) is 0 Å². The molecule has 4 aromatic rings. The van der Waals surface area contributed by atoms with Gasteiger partial charge in [0.1, 0.15) is 0 Å². The van der Waals surface area contributed by atoms with Crippen molar-refractivity contribution in [2.45, 2.75) is 6.54 Å². The Morgan fingerprint density at radius 3 is 2.37 bits per heavy atom. The van der Waals surface area contributed by atoms with Crippen LogP contribution in [0.1, 0.15) is 16.1 Å². The minimum atomic E-state index is -0.313. The molecule has 0 unspecified atom stereocenters. The number of benzene rings is 2. The molecule has 0 aliphatic rings. The number of carbonyl (C=O) groups is 1. The number of amides is 1. The summed E-state index contributed by atoms with van der Waals surface area (Å²) in [6.45, 7) is 0.469. The van der Waals surface area contributed by atoms with E-state index < -0.39 is 0 Å². The van der Waals surface area contributed by atoms with Gasteiger partial charge in [0.2, 0.25) is 0 Å². The van der Waals surface area contributed by atoms with E-state index in [0.717, 1.165) is 5.56 Å². The molecular formula is C20H16ClN5O. The number of hydrogen-bond acceptors (Lipinski definition) is 3. The Balaban J connectivity index is 1.68. The van der Waals surface area contributed by atoms with Gasteiger partial charge >= 0.3 is 0 Å². The third kappa shape index (κ3) is 3.75. The highest BCUT2D eigenvalue weighted by Crippen LogP contribution is 2.18. The van der Waals surface area contributed by atoms with E-state index >= 15 is 0 Å². The summed E-state index contributed by atoms with van der Waals surface area (Å²) in [6.07, 6.45) is 3.71. The van der Waals surface area contributed by atoms with Gasteiger partial charge in [-0.3, -0.25) is 4.79 Å². The van der Waals surface area contributed by atoms with E-state index in [1.165, 1.54) is 0 Å². The number of rotatable bonds is 5. The van der Waals surface area contributed by atoms with Crippen LogP contribution in [-0.4, -0.2) is 25.5 Å². The first-order chi connectivity index (χ1) is 13.2. The monoisotopic (exact) mass is 377 g/mol. The van der Waals surface area contributed by atoms with Crippen LogP contribution in [0.2, 0.25) is 5.02 Å². The molecule has 0 bridgehead atoms. The Kier molecular flexibility index (Phi) is 4.72. The van der Waals surface area contributed by atoms with E-state index in [2.05, 4.69) is 15.6 Å². The van der Waals surface area contributed by atoms with Crippen molar-refractivity contribution in [3.63, 3.8) is 0 Å². The van der Waals surface area contributed by atoms with E-state index in [0.29, 0.717) is 23.1 Å². The lowest BCUT2D eigenvalue weighted by Gasteiger charge is -2.10. The Morgan fingerprint density at radius 1 is 0.963 bits per heavy atom. The highest BCUT2D eigenvalue weighted by atomic mass is 35.5. The quantitative estimate of drug-likeness (QED) is 0.571. The molecule has 1 amide bonds. The van der Waals surface area contributed by atoms with Crippen LogP contribution in [0, 0.1) is 0 Å². The first-order valence-electron chi connectivity index (χ1n) is 8.38. The summed E-state index contributed by atoms with van der Waals surface area (Å²) in [5, 5.41) is 11.9. The Labute approximate surface area is 161 Å². The van der Waals surface area contributed by atoms with Gasteiger partial charge in [0.15, 0.2) is 11.5 Å². The smallest absolute Gasteiger partial charge is 0.280 e. The zero-order chi connectivity index (χ0) is 18.6. The van der Waals surface area contributed by atoms with Gasteiger partial charge in [-0.05, 0) is 42.0 Å². The highest BCUT2D eigenvalue weighted by Gasteiger charge is 2.21. The molecule has 7 heteroatoms. The molecule has 134 valence electrons. The minimum absolute atomic E-state index is 0.254. The van der Waals surface area contributed by atoms with E-state index in [1.807, 2.05) is 83.7 Å². The lowest BCUT2D eigenvalue weighted by molar-refractivity contribution is 0.102. The number of nitrogens with one attached hydrogen (secondary N) is 1. The molecular weight excluding hydrogens is 362 g/mol. The fourth-order valence-electron chi connectivity index (χ4n) is 2.77. The van der Waals surface area contributed by atoms with Crippen LogP contribution in [0.25, 0.3) is 5.82 Å². The third-order valence-corrected chi connectivity index (χ3v) is 4.30. The summed E-state index contributed by atoms with van der Waals surface area (Å²) in [6, 6.07) is 20.5. The van der Waals surface area contributed by atoms with Crippen molar-refractivity contribution in [3.05, 3.63) is 95.4 Å². The second-order valence-corrected chi connectivity index (χ2v) is 6.39. The normalized spacial score (nSPS) is 10.7. The van der Waals surface area contributed by atoms with Gasteiger partial charge in [0, 0.05) is 23.1 Å². The number of hydrogen-bond donors (Lipinski definition) is 1. The second-order valence-electron chi connectivity index (χ2n) is 5.96. The van der Waals surface area contributed by atoms with Crippen molar-refractivity contribution in [2.24, 2.45) is 0 Å². The minimum Gasteiger partial charge on any atom is -0.320 e. The summed E-state index contributed by atoms with van der Waals surface area (Å²) < 4.78 is 3.53. The lowest BCUT2D eigenvalue weighted by atomic mass is 10.2. The van der Waals surface area contributed by atoms with Crippen molar-refractivity contribution in [2.75, 3.05) is 5.32 Å². The summed E-state index contributed by atoms with van der Waals surface area (Å²) in [7, 11) is 0. The SMILES string of the molecule is O=C(Nc1ccccc1)c1nnn(Cc2ccc(Cl)cc2)c1-n1cccc1. The van der Waals surface area contributed by atoms with E-state index in [4.69, 9.17) is 11.6 Å². The van der Waals surface area contributed by atoms with Crippen molar-refractivity contribution in [3.8, 4) is 5.82 Å². The molecule has 0 saturated heterocycles. The molecule has 0 fully saturated rings. The predicted octanol–water partition coefficient (Wildman–Crippen LogP) is 4.02. The zero-order valence-corrected chi connectivity index (χ0v) is 15.0. The summed E-state index contributed by atoms with van der Waals surface area (Å²) in [4.78, 5) is 12.8. The van der Waals surface area contributed by atoms with Crippen LogP contribution in [-0.2, 0) is 6.54 Å². The number of aromatic nitrogens is 4. The average Bonchev–Trinajstić information content (AvgIpc) is 3.34. The fraction of sp³-hybridized carbons (Fsp3) is 0.0500. The van der Waals surface area contributed by atoms with Crippen LogP contribution in [0.15, 0.2) is 79.1 Å². The molecule has 2 aromatic heterocycles. The van der Waals surface area contributed by atoms with Gasteiger partial charge in [-0.25, -0.2) is 4.68 Å². The van der Waals surface area contributed by atoms with Crippen molar-refractivity contribution >= 4 is 23.2 Å². The Hall–Kier alpha value is -3.38. The largest absolute Gasteiger partial charge is 0.320 e. The first-order valence-corrected chi connectivity index (χ1v) is 8.76. The molecule has 0 radical (unpaired) electrons. The molecule has 27 heavy (non-hydrogen) atoms. The van der Waals surface area contributed by atoms with Crippen LogP contribution in [0.5, 0.6) is 0 Å². The molecule has 4 rings (SSSR count). The molecule has 2 heterocycles. The molecule has 0 aliphatic heterocycles. The Bertz CT molecular complexity index is 1040. The molecule has 0 atom stereocenters. The maximum absolute atomic E-state index is 12.8. The third-order valence-electron chi connectivity index (χ3n) is 4.05. The van der Waals surface area contributed by atoms with Gasteiger partial charge in [-0.2, -0.15) is 0 Å². The number of halogens is 1. The molecule has 6 nitrogen and oxygen atoms in total. The lowest BCUT2D eigenvalue weighted by Crippen LogP contribution is -2.16. The topological polar surface area (TPSA) is 64.7 Å². The van der Waals surface area contributed by atoms with Gasteiger partial charge in [-0.1, -0.05) is 47.1 Å². The number of carbonyl (C=O) groups excluding carboxylic acids is 1. The number of nitrogens with zero attached hydrogens (tertiary/aromatic N) is 4. The highest BCUT2D eigenvalue weighted by molar-refractivity contribution is 6.30. The zero-order valence-electron chi connectivity index (χ0n) is 14.3. The molecule has 0 spiro atoms. The molecule has 0 aliphatic carbocycles. The molecule has 1 N–H and O–H groups in total. The molecule has 0 saturated carbocycles. The van der Waals surface area contributed by atoms with E-state index in [-0.39, 0.29) is 11.6 Å². The van der Waals surface area contributed by atoms with E-state index in [1.54, 1.807) is 4.68 Å². The second kappa shape index (κ2) is 7.47. The predicted molar refractivity (Wildman–Crippen MR) is 104 cm³/mol. The Morgan fingerprint density at radius 2 is 1.67 bits per heavy atom. The average molecular weight is 378 g/mol. The van der Waals surface area contributed by atoms with Crippen LogP contribution >= 0.6 is 11.6 Å². The summed E-state index contributed by atoms with van der Waals surface area (Å²) in [5.41, 5.74) is 1.96. The maximum atomic E-state index is 12.8. The van der Waals surface area contributed by atoms with E-state index in [9.17, 15) is 4.79 Å². The fourth-order valence-corrected chi connectivity index (χ4v) is 2.89. The van der Waals surface area contributed by atoms with Gasteiger partial charge in [0.05, 0.1) is 6.54 Å². The number of para-hydroxylation sites is 1. The van der Waals surface area contributed by atoms with Crippen molar-refractivity contribution in [1.82, 2.24) is 19.6 Å². The van der Waals surface area contributed by atoms with Crippen LogP contribution in [0.3, 0.4) is 0 Å².